The number of aromatic amines is 1. The Kier molecular flexibility index (Phi) is 3.29. The minimum absolute atomic E-state index is 0.212. The van der Waals surface area contributed by atoms with E-state index in [4.69, 9.17) is 11.6 Å². The van der Waals surface area contributed by atoms with E-state index in [1.165, 1.54) is 18.5 Å². The van der Waals surface area contributed by atoms with Crippen LogP contribution in [0.2, 0.25) is 5.28 Å². The molecule has 4 aromatic heterocycles. The number of anilines is 2. The summed E-state index contributed by atoms with van der Waals surface area (Å²) in [6, 6.07) is 4.05. The summed E-state index contributed by atoms with van der Waals surface area (Å²) in [5.74, 6) is 2.04. The van der Waals surface area contributed by atoms with Gasteiger partial charge in [-0.2, -0.15) is 15.2 Å². The van der Waals surface area contributed by atoms with Crippen molar-refractivity contribution in [3.63, 3.8) is 0 Å². The third-order valence-corrected chi connectivity index (χ3v) is 5.54. The van der Waals surface area contributed by atoms with Crippen LogP contribution in [0.1, 0.15) is 24.5 Å². The van der Waals surface area contributed by atoms with Gasteiger partial charge in [-0.15, -0.1) is 11.3 Å². The smallest absolute Gasteiger partial charge is 0.224 e. The van der Waals surface area contributed by atoms with Gasteiger partial charge < -0.3 is 5.32 Å². The van der Waals surface area contributed by atoms with Gasteiger partial charge in [0.05, 0.1) is 16.4 Å². The molecule has 0 aromatic carbocycles. The molecule has 5 rings (SSSR count). The summed E-state index contributed by atoms with van der Waals surface area (Å²) in [4.78, 5) is 9.77. The summed E-state index contributed by atoms with van der Waals surface area (Å²) >= 11 is 7.72. The van der Waals surface area contributed by atoms with Gasteiger partial charge in [0.1, 0.15) is 0 Å². The molecular weight excluding hydrogens is 358 g/mol. The minimum Gasteiger partial charge on any atom is -0.322 e. The van der Waals surface area contributed by atoms with Crippen LogP contribution in [-0.2, 0) is 7.05 Å². The Balaban J connectivity index is 1.55. The van der Waals surface area contributed by atoms with Gasteiger partial charge in [-0.25, -0.2) is 4.98 Å². The van der Waals surface area contributed by atoms with Crippen LogP contribution >= 0.6 is 22.9 Å². The number of H-pyrrole nitrogens is 1. The number of thiophene rings is 1. The molecule has 1 saturated carbocycles. The standard InChI is InChI=1S/C16H14ClN7S/c1-24-7-9(6-18-24)12-4-11-14(25-12)15(21-16(17)19-11)20-13-5-10(22-23-13)8-2-3-8/h4-8H,2-3H2,1H3,(H2,19,20,21,22,23). The average molecular weight is 372 g/mol. The molecule has 7 nitrogen and oxygen atoms in total. The van der Waals surface area contributed by atoms with E-state index in [1.54, 1.807) is 16.0 Å². The number of aryl methyl sites for hydroxylation is 1. The van der Waals surface area contributed by atoms with Gasteiger partial charge in [-0.05, 0) is 30.5 Å². The van der Waals surface area contributed by atoms with Crippen molar-refractivity contribution < 1.29 is 0 Å². The van der Waals surface area contributed by atoms with Crippen LogP contribution in [0.4, 0.5) is 11.6 Å². The Hall–Kier alpha value is -2.45. The van der Waals surface area contributed by atoms with Gasteiger partial charge in [0, 0.05) is 41.4 Å². The monoisotopic (exact) mass is 371 g/mol. The topological polar surface area (TPSA) is 84.3 Å². The van der Waals surface area contributed by atoms with Crippen molar-refractivity contribution in [2.24, 2.45) is 7.05 Å². The summed E-state index contributed by atoms with van der Waals surface area (Å²) in [5.41, 5.74) is 3.02. The van der Waals surface area contributed by atoms with Crippen LogP contribution in [0.15, 0.2) is 24.5 Å². The fourth-order valence-corrected chi connectivity index (χ4v) is 3.99. The summed E-state index contributed by atoms with van der Waals surface area (Å²) in [6.45, 7) is 0. The first-order valence-electron chi connectivity index (χ1n) is 7.94. The van der Waals surface area contributed by atoms with E-state index in [9.17, 15) is 0 Å². The van der Waals surface area contributed by atoms with E-state index in [-0.39, 0.29) is 5.28 Å². The van der Waals surface area contributed by atoms with Gasteiger partial charge in [0.15, 0.2) is 11.6 Å². The lowest BCUT2D eigenvalue weighted by Crippen LogP contribution is -1.95. The van der Waals surface area contributed by atoms with E-state index < -0.39 is 0 Å². The summed E-state index contributed by atoms with van der Waals surface area (Å²) < 4.78 is 2.72. The SMILES string of the molecule is Cn1cc(-c2cc3nc(Cl)nc(Nc4cc(C5CC5)[nH]n4)c3s2)cn1. The molecule has 2 N–H and O–H groups in total. The first-order chi connectivity index (χ1) is 12.2. The van der Waals surface area contributed by atoms with E-state index in [1.807, 2.05) is 31.6 Å². The number of hydrogen-bond acceptors (Lipinski definition) is 6. The van der Waals surface area contributed by atoms with E-state index >= 15 is 0 Å². The molecule has 0 unspecified atom stereocenters. The number of nitrogens with zero attached hydrogens (tertiary/aromatic N) is 5. The maximum atomic E-state index is 6.11. The predicted octanol–water partition coefficient (Wildman–Crippen LogP) is 4.09. The molecule has 0 atom stereocenters. The highest BCUT2D eigenvalue weighted by atomic mass is 35.5. The zero-order chi connectivity index (χ0) is 17.0. The van der Waals surface area contributed by atoms with Crippen molar-refractivity contribution in [3.05, 3.63) is 35.5 Å². The number of hydrogen-bond donors (Lipinski definition) is 2. The molecule has 25 heavy (non-hydrogen) atoms. The van der Waals surface area contributed by atoms with Gasteiger partial charge in [-0.3, -0.25) is 9.78 Å². The molecule has 1 fully saturated rings. The molecule has 0 aliphatic heterocycles. The lowest BCUT2D eigenvalue weighted by molar-refractivity contribution is 0.768. The summed E-state index contributed by atoms with van der Waals surface area (Å²) in [6.07, 6.45) is 6.26. The first kappa shape index (κ1) is 14.9. The van der Waals surface area contributed by atoms with Crippen molar-refractivity contribution in [2.45, 2.75) is 18.8 Å². The second kappa shape index (κ2) is 5.53. The number of halogens is 1. The molecule has 0 radical (unpaired) electrons. The van der Waals surface area contributed by atoms with Crippen LogP contribution in [0.5, 0.6) is 0 Å². The highest BCUT2D eigenvalue weighted by Crippen LogP contribution is 2.40. The van der Waals surface area contributed by atoms with Crippen molar-refractivity contribution >= 4 is 44.8 Å². The molecule has 4 heterocycles. The maximum absolute atomic E-state index is 6.11. The molecule has 0 spiro atoms. The minimum atomic E-state index is 0.212. The largest absolute Gasteiger partial charge is 0.322 e. The van der Waals surface area contributed by atoms with Crippen molar-refractivity contribution in [1.29, 1.82) is 0 Å². The molecule has 126 valence electrons. The predicted molar refractivity (Wildman–Crippen MR) is 98.5 cm³/mol. The van der Waals surface area contributed by atoms with Gasteiger partial charge in [0.2, 0.25) is 5.28 Å². The molecule has 4 aromatic rings. The van der Waals surface area contributed by atoms with Gasteiger partial charge >= 0.3 is 0 Å². The Morgan fingerprint density at radius 2 is 2.20 bits per heavy atom. The van der Waals surface area contributed by atoms with E-state index in [2.05, 4.69) is 30.6 Å². The average Bonchev–Trinajstić information content (AvgIpc) is 2.97. The number of nitrogens with one attached hydrogen (secondary N) is 2. The van der Waals surface area contributed by atoms with Crippen LogP contribution in [0, 0.1) is 0 Å². The zero-order valence-corrected chi connectivity index (χ0v) is 14.9. The van der Waals surface area contributed by atoms with Gasteiger partial charge in [0.25, 0.3) is 0 Å². The molecular formula is C16H14ClN7S. The second-order valence-electron chi connectivity index (χ2n) is 6.18. The lowest BCUT2D eigenvalue weighted by atomic mass is 10.3. The second-order valence-corrected chi connectivity index (χ2v) is 7.57. The number of aromatic nitrogens is 6. The Bertz CT molecular complexity index is 1080. The van der Waals surface area contributed by atoms with E-state index in [0.717, 1.165) is 26.5 Å². The molecule has 1 aliphatic rings. The highest BCUT2D eigenvalue weighted by molar-refractivity contribution is 7.22. The zero-order valence-electron chi connectivity index (χ0n) is 13.3. The fraction of sp³-hybridized carbons (Fsp3) is 0.250. The quantitative estimate of drug-likeness (QED) is 0.528. The molecule has 0 bridgehead atoms. The van der Waals surface area contributed by atoms with Gasteiger partial charge in [-0.1, -0.05) is 0 Å². The maximum Gasteiger partial charge on any atom is 0.224 e. The summed E-state index contributed by atoms with van der Waals surface area (Å²) in [5, 5.41) is 15.1. The molecule has 0 amide bonds. The van der Waals surface area contributed by atoms with E-state index in [0.29, 0.717) is 11.7 Å². The third kappa shape index (κ3) is 2.77. The Morgan fingerprint density at radius 1 is 1.32 bits per heavy atom. The van der Waals surface area contributed by atoms with Crippen molar-refractivity contribution in [2.75, 3.05) is 5.32 Å². The van der Waals surface area contributed by atoms with Crippen LogP contribution in [0.3, 0.4) is 0 Å². The van der Waals surface area contributed by atoms with Crippen LogP contribution in [-0.4, -0.2) is 29.9 Å². The van der Waals surface area contributed by atoms with Crippen molar-refractivity contribution in [1.82, 2.24) is 29.9 Å². The fourth-order valence-electron chi connectivity index (χ4n) is 2.80. The summed E-state index contributed by atoms with van der Waals surface area (Å²) in [7, 11) is 1.90. The number of rotatable bonds is 4. The highest BCUT2D eigenvalue weighted by Gasteiger charge is 2.25. The molecule has 1 aliphatic carbocycles. The van der Waals surface area contributed by atoms with Crippen LogP contribution < -0.4 is 5.32 Å². The van der Waals surface area contributed by atoms with Crippen LogP contribution in [0.25, 0.3) is 20.7 Å². The normalized spacial score (nSPS) is 14.3. The number of fused-ring (bicyclic) bond motifs is 1. The molecule has 9 heteroatoms. The first-order valence-corrected chi connectivity index (χ1v) is 9.13. The lowest BCUT2D eigenvalue weighted by Gasteiger charge is -2.03. The third-order valence-electron chi connectivity index (χ3n) is 4.20. The molecule has 0 saturated heterocycles. The Morgan fingerprint density at radius 3 is 2.96 bits per heavy atom. The van der Waals surface area contributed by atoms with Crippen molar-refractivity contribution in [3.8, 4) is 10.4 Å². The Labute approximate surface area is 152 Å².